The molecule has 0 N–H and O–H groups in total. The van der Waals surface area contributed by atoms with Crippen LogP contribution in [0.3, 0.4) is 0 Å². The van der Waals surface area contributed by atoms with E-state index in [9.17, 15) is 8.42 Å². The molecule has 4 nitrogen and oxygen atoms in total. The van der Waals surface area contributed by atoms with Crippen molar-refractivity contribution in [1.29, 1.82) is 0 Å². The lowest BCUT2D eigenvalue weighted by molar-refractivity contribution is 0.406. The van der Waals surface area contributed by atoms with E-state index in [1.165, 1.54) is 4.31 Å². The van der Waals surface area contributed by atoms with Gasteiger partial charge in [0.05, 0.1) is 12.0 Å². The summed E-state index contributed by atoms with van der Waals surface area (Å²) in [5.41, 5.74) is 1.87. The third kappa shape index (κ3) is 3.97. The van der Waals surface area contributed by atoms with Crippen LogP contribution in [-0.4, -0.2) is 26.4 Å². The van der Waals surface area contributed by atoms with Gasteiger partial charge in [-0.3, -0.25) is 0 Å². The van der Waals surface area contributed by atoms with Crippen molar-refractivity contribution in [2.75, 3.05) is 13.7 Å². The molecule has 2 aromatic rings. The standard InChI is InChI=1S/C19H25NO3S/c1-5-20(14-16-9-7-6-8-10-16)24(21,22)17-11-12-19(23-4)18(13-17)15(2)3/h6-13,15H,5,14H2,1-4H3. The number of hydrogen-bond acceptors (Lipinski definition) is 3. The highest BCUT2D eigenvalue weighted by Crippen LogP contribution is 2.30. The smallest absolute Gasteiger partial charge is 0.243 e. The topological polar surface area (TPSA) is 46.6 Å². The van der Waals surface area contributed by atoms with Gasteiger partial charge in [-0.2, -0.15) is 4.31 Å². The maximum Gasteiger partial charge on any atom is 0.243 e. The summed E-state index contributed by atoms with van der Waals surface area (Å²) in [5.74, 6) is 0.898. The van der Waals surface area contributed by atoms with E-state index in [1.807, 2.05) is 51.1 Å². The lowest BCUT2D eigenvalue weighted by Gasteiger charge is -2.22. The molecule has 0 aliphatic rings. The Bertz CT molecular complexity index is 770. The van der Waals surface area contributed by atoms with E-state index in [0.29, 0.717) is 18.0 Å². The summed E-state index contributed by atoms with van der Waals surface area (Å²) in [5, 5.41) is 0. The van der Waals surface area contributed by atoms with Crippen molar-refractivity contribution >= 4 is 10.0 Å². The van der Waals surface area contributed by atoms with Gasteiger partial charge in [-0.1, -0.05) is 51.1 Å². The lowest BCUT2D eigenvalue weighted by Crippen LogP contribution is -2.30. The number of ether oxygens (including phenoxy) is 1. The Labute approximate surface area is 145 Å². The van der Waals surface area contributed by atoms with Crippen LogP contribution in [0.5, 0.6) is 5.75 Å². The van der Waals surface area contributed by atoms with Crippen molar-refractivity contribution in [3.63, 3.8) is 0 Å². The van der Waals surface area contributed by atoms with Crippen molar-refractivity contribution in [1.82, 2.24) is 4.31 Å². The van der Waals surface area contributed by atoms with Crippen LogP contribution >= 0.6 is 0 Å². The fourth-order valence-corrected chi connectivity index (χ4v) is 4.10. The molecular formula is C19H25NO3S. The van der Waals surface area contributed by atoms with Gasteiger partial charge >= 0.3 is 0 Å². The normalized spacial score (nSPS) is 11.9. The molecule has 0 atom stereocenters. The third-order valence-corrected chi connectivity index (χ3v) is 5.93. The maximum absolute atomic E-state index is 13.0. The van der Waals surface area contributed by atoms with Crippen LogP contribution in [0, 0.1) is 0 Å². The second-order valence-electron chi connectivity index (χ2n) is 5.98. The van der Waals surface area contributed by atoms with Gasteiger partial charge in [0.2, 0.25) is 10.0 Å². The molecule has 0 heterocycles. The Morgan fingerprint density at radius 2 is 1.75 bits per heavy atom. The van der Waals surface area contributed by atoms with Crippen LogP contribution in [0.2, 0.25) is 0 Å². The Morgan fingerprint density at radius 1 is 1.08 bits per heavy atom. The van der Waals surface area contributed by atoms with E-state index in [-0.39, 0.29) is 5.92 Å². The SMILES string of the molecule is CCN(Cc1ccccc1)S(=O)(=O)c1ccc(OC)c(C(C)C)c1. The summed E-state index contributed by atoms with van der Waals surface area (Å²) in [6.07, 6.45) is 0. The first-order valence-electron chi connectivity index (χ1n) is 8.12. The molecule has 0 bridgehead atoms. The average Bonchev–Trinajstić information content (AvgIpc) is 2.59. The minimum Gasteiger partial charge on any atom is -0.496 e. The van der Waals surface area contributed by atoms with E-state index in [1.54, 1.807) is 25.3 Å². The van der Waals surface area contributed by atoms with E-state index < -0.39 is 10.0 Å². The van der Waals surface area contributed by atoms with Gasteiger partial charge in [0, 0.05) is 13.1 Å². The van der Waals surface area contributed by atoms with Crippen LogP contribution in [0.15, 0.2) is 53.4 Å². The second-order valence-corrected chi connectivity index (χ2v) is 7.91. The molecular weight excluding hydrogens is 322 g/mol. The van der Waals surface area contributed by atoms with Crippen LogP contribution in [0.4, 0.5) is 0 Å². The van der Waals surface area contributed by atoms with Gasteiger partial charge < -0.3 is 4.74 Å². The second kappa shape index (κ2) is 7.81. The van der Waals surface area contributed by atoms with E-state index in [4.69, 9.17) is 4.74 Å². The van der Waals surface area contributed by atoms with Crippen molar-refractivity contribution in [3.05, 3.63) is 59.7 Å². The maximum atomic E-state index is 13.0. The minimum absolute atomic E-state index is 0.180. The van der Waals surface area contributed by atoms with Crippen LogP contribution in [-0.2, 0) is 16.6 Å². The minimum atomic E-state index is -3.55. The van der Waals surface area contributed by atoms with Crippen molar-refractivity contribution in [3.8, 4) is 5.75 Å². The van der Waals surface area contributed by atoms with Gasteiger partial charge in [-0.15, -0.1) is 0 Å². The lowest BCUT2D eigenvalue weighted by atomic mass is 10.0. The van der Waals surface area contributed by atoms with Gasteiger partial charge in [0.1, 0.15) is 5.75 Å². The first-order chi connectivity index (χ1) is 11.4. The number of nitrogens with zero attached hydrogens (tertiary/aromatic N) is 1. The van der Waals surface area contributed by atoms with Crippen LogP contribution in [0.1, 0.15) is 37.8 Å². The fraction of sp³-hybridized carbons (Fsp3) is 0.368. The van der Waals surface area contributed by atoms with Crippen molar-refractivity contribution in [2.45, 2.75) is 38.1 Å². The summed E-state index contributed by atoms with van der Waals surface area (Å²) >= 11 is 0. The van der Waals surface area contributed by atoms with Gasteiger partial charge in [-0.05, 0) is 35.2 Å². The molecule has 24 heavy (non-hydrogen) atoms. The van der Waals surface area contributed by atoms with Gasteiger partial charge in [-0.25, -0.2) is 8.42 Å². The molecule has 5 heteroatoms. The third-order valence-electron chi connectivity index (χ3n) is 4.02. The van der Waals surface area contributed by atoms with E-state index in [2.05, 4.69) is 0 Å². The summed E-state index contributed by atoms with van der Waals surface area (Å²) in [4.78, 5) is 0.310. The monoisotopic (exact) mass is 347 g/mol. The van der Waals surface area contributed by atoms with Gasteiger partial charge in [0.15, 0.2) is 0 Å². The Balaban J connectivity index is 2.39. The average molecular weight is 347 g/mol. The molecule has 0 aromatic heterocycles. The largest absolute Gasteiger partial charge is 0.496 e. The molecule has 0 radical (unpaired) electrons. The fourth-order valence-electron chi connectivity index (χ4n) is 2.63. The number of hydrogen-bond donors (Lipinski definition) is 0. The summed E-state index contributed by atoms with van der Waals surface area (Å²) in [6.45, 7) is 6.68. The first kappa shape index (κ1) is 18.5. The molecule has 0 aliphatic heterocycles. The Kier molecular flexibility index (Phi) is 6.02. The molecule has 0 aliphatic carbocycles. The Morgan fingerprint density at radius 3 is 2.29 bits per heavy atom. The molecule has 0 saturated carbocycles. The molecule has 2 aromatic carbocycles. The first-order valence-corrected chi connectivity index (χ1v) is 9.56. The quantitative estimate of drug-likeness (QED) is 0.760. The summed E-state index contributed by atoms with van der Waals surface area (Å²) in [7, 11) is -1.95. The summed E-state index contributed by atoms with van der Waals surface area (Å²) < 4.78 is 32.9. The van der Waals surface area contributed by atoms with E-state index in [0.717, 1.165) is 16.9 Å². The number of rotatable bonds is 7. The molecule has 0 spiro atoms. The zero-order valence-corrected chi connectivity index (χ0v) is 15.5. The van der Waals surface area contributed by atoms with E-state index >= 15 is 0 Å². The van der Waals surface area contributed by atoms with Crippen molar-refractivity contribution in [2.24, 2.45) is 0 Å². The number of methoxy groups -OCH3 is 1. The summed E-state index contributed by atoms with van der Waals surface area (Å²) in [6, 6.07) is 14.7. The molecule has 0 saturated heterocycles. The highest BCUT2D eigenvalue weighted by atomic mass is 32.2. The Hall–Kier alpha value is -1.85. The zero-order chi connectivity index (χ0) is 17.7. The number of sulfonamides is 1. The predicted molar refractivity (Wildman–Crippen MR) is 96.8 cm³/mol. The van der Waals surface area contributed by atoms with Gasteiger partial charge in [0.25, 0.3) is 0 Å². The molecule has 2 rings (SSSR count). The highest BCUT2D eigenvalue weighted by Gasteiger charge is 2.24. The molecule has 0 amide bonds. The van der Waals surface area contributed by atoms with Crippen LogP contribution < -0.4 is 4.74 Å². The van der Waals surface area contributed by atoms with Crippen LogP contribution in [0.25, 0.3) is 0 Å². The molecule has 0 unspecified atom stereocenters. The highest BCUT2D eigenvalue weighted by molar-refractivity contribution is 7.89. The van der Waals surface area contributed by atoms with Crippen molar-refractivity contribution < 1.29 is 13.2 Å². The predicted octanol–water partition coefficient (Wildman–Crippen LogP) is 4.03. The number of benzene rings is 2. The zero-order valence-electron chi connectivity index (χ0n) is 14.7. The molecule has 130 valence electrons. The molecule has 0 fully saturated rings.